The Kier molecular flexibility index (Phi) is 4.63. The molecule has 1 aromatic carbocycles. The van der Waals surface area contributed by atoms with Gasteiger partial charge in [0.05, 0.1) is 0 Å². The van der Waals surface area contributed by atoms with E-state index in [1.807, 2.05) is 17.2 Å². The molecule has 15 heavy (non-hydrogen) atoms. The van der Waals surface area contributed by atoms with Crippen molar-refractivity contribution >= 4 is 0 Å². The summed E-state index contributed by atoms with van der Waals surface area (Å²) in [6.45, 7) is 10.4. The molecule has 0 fully saturated rings. The molecule has 0 N–H and O–H groups in total. The SMILES string of the molecule is CCN(CC)Oc1ccc(C(C)C)cc1. The van der Waals surface area contributed by atoms with Gasteiger partial charge in [-0.25, -0.2) is 0 Å². The van der Waals surface area contributed by atoms with Gasteiger partial charge in [0.25, 0.3) is 0 Å². The fourth-order valence-corrected chi connectivity index (χ4v) is 1.42. The van der Waals surface area contributed by atoms with Crippen LogP contribution in [-0.4, -0.2) is 18.2 Å². The third-order valence-corrected chi connectivity index (χ3v) is 2.49. The summed E-state index contributed by atoms with van der Waals surface area (Å²) in [6, 6.07) is 8.33. The standard InChI is InChI=1S/C13H21NO/c1-5-14(6-2)15-13-9-7-12(8-10-13)11(3)4/h7-11H,5-6H2,1-4H3. The zero-order chi connectivity index (χ0) is 11.3. The normalized spacial score (nSPS) is 11.1. The molecule has 0 radical (unpaired) electrons. The Hall–Kier alpha value is -1.02. The van der Waals surface area contributed by atoms with E-state index in [2.05, 4.69) is 39.8 Å². The van der Waals surface area contributed by atoms with Gasteiger partial charge >= 0.3 is 0 Å². The summed E-state index contributed by atoms with van der Waals surface area (Å²) < 4.78 is 0. The lowest BCUT2D eigenvalue weighted by Gasteiger charge is -2.19. The van der Waals surface area contributed by atoms with Crippen molar-refractivity contribution in [1.82, 2.24) is 5.06 Å². The molecule has 2 heteroatoms. The third-order valence-electron chi connectivity index (χ3n) is 2.49. The Morgan fingerprint density at radius 1 is 1.07 bits per heavy atom. The first-order valence-electron chi connectivity index (χ1n) is 5.70. The summed E-state index contributed by atoms with van der Waals surface area (Å²) >= 11 is 0. The van der Waals surface area contributed by atoms with E-state index >= 15 is 0 Å². The maximum atomic E-state index is 5.68. The van der Waals surface area contributed by atoms with Crippen molar-refractivity contribution in [2.45, 2.75) is 33.6 Å². The van der Waals surface area contributed by atoms with Gasteiger partial charge in [0.15, 0.2) is 0 Å². The second-order valence-electron chi connectivity index (χ2n) is 3.93. The molecule has 0 aliphatic heterocycles. The summed E-state index contributed by atoms with van der Waals surface area (Å²) in [5.74, 6) is 1.50. The van der Waals surface area contributed by atoms with E-state index in [1.54, 1.807) is 0 Å². The van der Waals surface area contributed by atoms with Gasteiger partial charge in [-0.15, -0.1) is 5.06 Å². The van der Waals surface area contributed by atoms with Crippen molar-refractivity contribution in [2.24, 2.45) is 0 Å². The summed E-state index contributed by atoms with van der Waals surface area (Å²) in [5.41, 5.74) is 1.35. The number of hydrogen-bond acceptors (Lipinski definition) is 2. The fraction of sp³-hybridized carbons (Fsp3) is 0.538. The molecule has 0 atom stereocenters. The van der Waals surface area contributed by atoms with Crippen LogP contribution < -0.4 is 4.84 Å². The van der Waals surface area contributed by atoms with Gasteiger partial charge in [-0.05, 0) is 37.5 Å². The van der Waals surface area contributed by atoms with E-state index in [-0.39, 0.29) is 0 Å². The van der Waals surface area contributed by atoms with E-state index in [9.17, 15) is 0 Å². The number of benzene rings is 1. The van der Waals surface area contributed by atoms with Gasteiger partial charge in [0.2, 0.25) is 0 Å². The molecule has 0 aromatic heterocycles. The summed E-state index contributed by atoms with van der Waals surface area (Å²) in [7, 11) is 0. The topological polar surface area (TPSA) is 12.5 Å². The molecule has 0 bridgehead atoms. The van der Waals surface area contributed by atoms with Gasteiger partial charge in [-0.2, -0.15) is 0 Å². The molecular weight excluding hydrogens is 186 g/mol. The van der Waals surface area contributed by atoms with E-state index in [4.69, 9.17) is 4.84 Å². The molecule has 0 unspecified atom stereocenters. The van der Waals surface area contributed by atoms with Crippen LogP contribution in [0.2, 0.25) is 0 Å². The first-order chi connectivity index (χ1) is 7.17. The highest BCUT2D eigenvalue weighted by molar-refractivity contribution is 5.28. The van der Waals surface area contributed by atoms with Crippen molar-refractivity contribution in [2.75, 3.05) is 13.1 Å². The van der Waals surface area contributed by atoms with Crippen molar-refractivity contribution in [3.05, 3.63) is 29.8 Å². The Balaban J connectivity index is 2.63. The van der Waals surface area contributed by atoms with Crippen LogP contribution in [0.1, 0.15) is 39.2 Å². The monoisotopic (exact) mass is 207 g/mol. The average Bonchev–Trinajstić information content (AvgIpc) is 2.26. The van der Waals surface area contributed by atoms with Crippen LogP contribution in [0.4, 0.5) is 0 Å². The smallest absolute Gasteiger partial charge is 0.147 e. The van der Waals surface area contributed by atoms with Gasteiger partial charge < -0.3 is 4.84 Å². The highest BCUT2D eigenvalue weighted by Gasteiger charge is 2.03. The second kappa shape index (κ2) is 5.76. The summed E-state index contributed by atoms with van der Waals surface area (Å²) in [6.07, 6.45) is 0. The molecule has 1 rings (SSSR count). The lowest BCUT2D eigenvalue weighted by atomic mass is 10.0. The summed E-state index contributed by atoms with van der Waals surface area (Å²) in [4.78, 5) is 5.68. The predicted octanol–water partition coefficient (Wildman–Crippen LogP) is 3.45. The molecule has 0 heterocycles. The molecule has 1 aromatic rings. The molecule has 0 aliphatic carbocycles. The molecule has 0 amide bonds. The lowest BCUT2D eigenvalue weighted by molar-refractivity contribution is -0.0486. The second-order valence-corrected chi connectivity index (χ2v) is 3.93. The number of hydrogen-bond donors (Lipinski definition) is 0. The third kappa shape index (κ3) is 3.56. The molecule has 0 saturated carbocycles. The number of rotatable bonds is 5. The van der Waals surface area contributed by atoms with Crippen LogP contribution in [0.3, 0.4) is 0 Å². The van der Waals surface area contributed by atoms with E-state index in [0.29, 0.717) is 5.92 Å². The van der Waals surface area contributed by atoms with Gasteiger partial charge in [-0.3, -0.25) is 0 Å². The minimum atomic E-state index is 0.576. The first-order valence-corrected chi connectivity index (χ1v) is 5.70. The molecule has 84 valence electrons. The van der Waals surface area contributed by atoms with Crippen molar-refractivity contribution < 1.29 is 4.84 Å². The van der Waals surface area contributed by atoms with E-state index < -0.39 is 0 Å². The van der Waals surface area contributed by atoms with Crippen LogP contribution in [0.5, 0.6) is 5.75 Å². The maximum absolute atomic E-state index is 5.68. The summed E-state index contributed by atoms with van der Waals surface area (Å²) in [5, 5.41) is 1.93. The van der Waals surface area contributed by atoms with E-state index in [1.165, 1.54) is 5.56 Å². The minimum absolute atomic E-state index is 0.576. The highest BCUT2D eigenvalue weighted by Crippen LogP contribution is 2.19. The molecule has 0 aliphatic rings. The Morgan fingerprint density at radius 3 is 2.00 bits per heavy atom. The quantitative estimate of drug-likeness (QED) is 0.686. The van der Waals surface area contributed by atoms with Crippen LogP contribution in [0.15, 0.2) is 24.3 Å². The highest BCUT2D eigenvalue weighted by atomic mass is 16.7. The van der Waals surface area contributed by atoms with Crippen LogP contribution in [0.25, 0.3) is 0 Å². The van der Waals surface area contributed by atoms with Crippen molar-refractivity contribution in [3.8, 4) is 5.75 Å². The number of nitrogens with zero attached hydrogens (tertiary/aromatic N) is 1. The lowest BCUT2D eigenvalue weighted by Crippen LogP contribution is -2.26. The fourth-order valence-electron chi connectivity index (χ4n) is 1.42. The Labute approximate surface area is 92.8 Å². The number of hydroxylamine groups is 2. The molecule has 0 saturated heterocycles. The maximum Gasteiger partial charge on any atom is 0.147 e. The van der Waals surface area contributed by atoms with Crippen molar-refractivity contribution in [1.29, 1.82) is 0 Å². The zero-order valence-corrected chi connectivity index (χ0v) is 10.2. The van der Waals surface area contributed by atoms with Crippen LogP contribution in [-0.2, 0) is 0 Å². The minimum Gasteiger partial charge on any atom is -0.406 e. The largest absolute Gasteiger partial charge is 0.406 e. The predicted molar refractivity (Wildman–Crippen MR) is 64.1 cm³/mol. The van der Waals surface area contributed by atoms with Gasteiger partial charge in [0.1, 0.15) is 5.75 Å². The van der Waals surface area contributed by atoms with Gasteiger partial charge in [-0.1, -0.05) is 26.0 Å². The molecule has 0 spiro atoms. The van der Waals surface area contributed by atoms with E-state index in [0.717, 1.165) is 18.8 Å². The van der Waals surface area contributed by atoms with Crippen LogP contribution in [0, 0.1) is 0 Å². The van der Waals surface area contributed by atoms with Crippen LogP contribution >= 0.6 is 0 Å². The molecular formula is C13H21NO. The average molecular weight is 207 g/mol. The van der Waals surface area contributed by atoms with Crippen molar-refractivity contribution in [3.63, 3.8) is 0 Å². The molecule has 2 nitrogen and oxygen atoms in total. The zero-order valence-electron chi connectivity index (χ0n) is 10.2. The Morgan fingerprint density at radius 2 is 1.60 bits per heavy atom. The first kappa shape index (κ1) is 12.1. The Bertz CT molecular complexity index is 275. The van der Waals surface area contributed by atoms with Gasteiger partial charge in [0, 0.05) is 13.1 Å².